The minimum absolute atomic E-state index is 0.0461. The fraction of sp³-hybridized carbons (Fsp3) is 0.600. The van der Waals surface area contributed by atoms with Gasteiger partial charge in [-0.05, 0) is 43.0 Å². The van der Waals surface area contributed by atoms with Crippen LogP contribution in [0.15, 0.2) is 24.3 Å². The van der Waals surface area contributed by atoms with Crippen LogP contribution in [0.2, 0.25) is 5.02 Å². The molecular formula is C20H28ClN3O3S. The van der Waals surface area contributed by atoms with E-state index < -0.39 is 5.54 Å². The van der Waals surface area contributed by atoms with Crippen molar-refractivity contribution in [2.24, 2.45) is 5.92 Å². The zero-order valence-electron chi connectivity index (χ0n) is 16.0. The zero-order chi connectivity index (χ0) is 20.0. The summed E-state index contributed by atoms with van der Waals surface area (Å²) in [5.41, 5.74) is 0.253. The normalized spacial score (nSPS) is 19.9. The summed E-state index contributed by atoms with van der Waals surface area (Å²) in [6, 6.07) is 7.46. The highest BCUT2D eigenvalue weighted by Gasteiger charge is 2.43. The van der Waals surface area contributed by atoms with Gasteiger partial charge in [0.2, 0.25) is 11.8 Å². The summed E-state index contributed by atoms with van der Waals surface area (Å²) < 4.78 is 5.52. The summed E-state index contributed by atoms with van der Waals surface area (Å²) >= 11 is 9.97. The van der Waals surface area contributed by atoms with Gasteiger partial charge in [-0.1, -0.05) is 11.6 Å². The van der Waals surface area contributed by atoms with Crippen molar-refractivity contribution in [3.8, 4) is 0 Å². The number of halogens is 1. The van der Waals surface area contributed by atoms with Crippen LogP contribution in [0.5, 0.6) is 0 Å². The molecule has 1 aromatic carbocycles. The fourth-order valence-electron chi connectivity index (χ4n) is 3.88. The number of rotatable bonds is 6. The molecule has 154 valence electrons. The fourth-order valence-corrected chi connectivity index (χ4v) is 4.12. The van der Waals surface area contributed by atoms with Crippen molar-refractivity contribution in [3.63, 3.8) is 0 Å². The first-order valence-electron chi connectivity index (χ1n) is 9.81. The molecule has 28 heavy (non-hydrogen) atoms. The summed E-state index contributed by atoms with van der Waals surface area (Å²) in [5.74, 6) is 0.708. The number of benzene rings is 1. The molecule has 0 saturated carbocycles. The van der Waals surface area contributed by atoms with E-state index in [1.54, 1.807) is 0 Å². The van der Waals surface area contributed by atoms with Crippen LogP contribution in [0.4, 0.5) is 5.69 Å². The van der Waals surface area contributed by atoms with Crippen LogP contribution < -0.4 is 10.6 Å². The van der Waals surface area contributed by atoms with Gasteiger partial charge in [-0.3, -0.25) is 9.59 Å². The van der Waals surface area contributed by atoms with Gasteiger partial charge in [-0.25, -0.2) is 0 Å². The highest BCUT2D eigenvalue weighted by atomic mass is 35.5. The SMILES string of the molecule is O=C(CS)NCC1CCN(C(=O)C2(Nc3ccc(Cl)cc3)CCOCC2)CC1. The number of anilines is 1. The minimum Gasteiger partial charge on any atom is -0.381 e. The molecular weight excluding hydrogens is 398 g/mol. The second-order valence-electron chi connectivity index (χ2n) is 7.52. The Hall–Kier alpha value is -1.44. The van der Waals surface area contributed by atoms with E-state index in [4.69, 9.17) is 16.3 Å². The van der Waals surface area contributed by atoms with E-state index in [1.807, 2.05) is 29.2 Å². The number of hydrogen-bond acceptors (Lipinski definition) is 5. The molecule has 2 N–H and O–H groups in total. The molecule has 0 spiro atoms. The van der Waals surface area contributed by atoms with Crippen molar-refractivity contribution < 1.29 is 14.3 Å². The van der Waals surface area contributed by atoms with Crippen molar-refractivity contribution in [2.45, 2.75) is 31.2 Å². The topological polar surface area (TPSA) is 70.7 Å². The molecule has 0 aliphatic carbocycles. The maximum atomic E-state index is 13.5. The van der Waals surface area contributed by atoms with Crippen LogP contribution in [0.1, 0.15) is 25.7 Å². The largest absolute Gasteiger partial charge is 0.381 e. The Morgan fingerprint density at radius 3 is 2.43 bits per heavy atom. The van der Waals surface area contributed by atoms with Gasteiger partial charge in [0, 0.05) is 56.4 Å². The van der Waals surface area contributed by atoms with Gasteiger partial charge in [-0.2, -0.15) is 12.6 Å². The first-order chi connectivity index (χ1) is 13.5. The average Bonchev–Trinajstić information content (AvgIpc) is 2.74. The van der Waals surface area contributed by atoms with Gasteiger partial charge in [0.15, 0.2) is 0 Å². The first kappa shape index (κ1) is 21.3. The van der Waals surface area contributed by atoms with Gasteiger partial charge in [-0.15, -0.1) is 0 Å². The monoisotopic (exact) mass is 425 g/mol. The number of amides is 2. The molecule has 2 aliphatic heterocycles. The Bertz CT molecular complexity index is 672. The summed E-state index contributed by atoms with van der Waals surface area (Å²) in [4.78, 5) is 26.8. The number of piperidine rings is 1. The third-order valence-electron chi connectivity index (χ3n) is 5.62. The molecule has 0 aromatic heterocycles. The van der Waals surface area contributed by atoms with Crippen LogP contribution in [0.25, 0.3) is 0 Å². The van der Waals surface area contributed by atoms with Crippen molar-refractivity contribution in [2.75, 3.05) is 43.9 Å². The van der Waals surface area contributed by atoms with E-state index >= 15 is 0 Å². The van der Waals surface area contributed by atoms with Crippen LogP contribution >= 0.6 is 24.2 Å². The van der Waals surface area contributed by atoms with E-state index in [0.29, 0.717) is 56.6 Å². The predicted octanol–water partition coefficient (Wildman–Crippen LogP) is 2.59. The third-order valence-corrected chi connectivity index (χ3v) is 6.16. The van der Waals surface area contributed by atoms with Crippen LogP contribution in [0.3, 0.4) is 0 Å². The quantitative estimate of drug-likeness (QED) is 0.613. The number of nitrogens with zero attached hydrogens (tertiary/aromatic N) is 1. The predicted molar refractivity (Wildman–Crippen MR) is 114 cm³/mol. The summed E-state index contributed by atoms with van der Waals surface area (Å²) in [6.45, 7) is 3.22. The molecule has 0 atom stereocenters. The Morgan fingerprint density at radius 2 is 1.82 bits per heavy atom. The van der Waals surface area contributed by atoms with Gasteiger partial charge in [0.1, 0.15) is 5.54 Å². The number of carbonyl (C=O) groups is 2. The Labute approximate surface area is 176 Å². The molecule has 0 radical (unpaired) electrons. The van der Waals surface area contributed by atoms with E-state index in [0.717, 1.165) is 18.5 Å². The zero-order valence-corrected chi connectivity index (χ0v) is 17.6. The van der Waals surface area contributed by atoms with Crippen LogP contribution in [0, 0.1) is 5.92 Å². The Morgan fingerprint density at radius 1 is 1.18 bits per heavy atom. The number of nitrogens with one attached hydrogen (secondary N) is 2. The second-order valence-corrected chi connectivity index (χ2v) is 8.28. The lowest BCUT2D eigenvalue weighted by Crippen LogP contribution is -2.58. The summed E-state index contributed by atoms with van der Waals surface area (Å²) in [6.07, 6.45) is 3.08. The lowest BCUT2D eigenvalue weighted by molar-refractivity contribution is -0.140. The average molecular weight is 426 g/mol. The van der Waals surface area contributed by atoms with Crippen molar-refractivity contribution in [1.82, 2.24) is 10.2 Å². The number of carbonyl (C=O) groups excluding carboxylic acids is 2. The van der Waals surface area contributed by atoms with E-state index in [-0.39, 0.29) is 17.6 Å². The molecule has 2 amide bonds. The molecule has 0 unspecified atom stereocenters. The maximum Gasteiger partial charge on any atom is 0.248 e. The minimum atomic E-state index is -0.640. The standard InChI is InChI=1S/C20H28ClN3O3S/c21-16-1-3-17(4-2-16)23-20(7-11-27-12-8-20)19(26)24-9-5-15(6-10-24)13-22-18(25)14-28/h1-4,15,23,28H,5-14H2,(H,22,25). The molecule has 2 fully saturated rings. The number of likely N-dealkylation sites (tertiary alicyclic amines) is 1. The third kappa shape index (κ3) is 5.33. The number of ether oxygens (including phenoxy) is 1. The molecule has 2 aliphatic rings. The van der Waals surface area contributed by atoms with Crippen LogP contribution in [-0.4, -0.2) is 60.9 Å². The summed E-state index contributed by atoms with van der Waals surface area (Å²) in [5, 5.41) is 7.05. The molecule has 1 aromatic rings. The van der Waals surface area contributed by atoms with Gasteiger partial charge in [0.05, 0.1) is 5.75 Å². The maximum absolute atomic E-state index is 13.5. The molecule has 2 heterocycles. The van der Waals surface area contributed by atoms with Crippen LogP contribution in [-0.2, 0) is 14.3 Å². The van der Waals surface area contributed by atoms with Crippen molar-refractivity contribution >= 4 is 41.7 Å². The first-order valence-corrected chi connectivity index (χ1v) is 10.8. The Balaban J connectivity index is 1.62. The molecule has 3 rings (SSSR count). The highest BCUT2D eigenvalue weighted by molar-refractivity contribution is 7.81. The second kappa shape index (κ2) is 9.85. The van der Waals surface area contributed by atoms with Gasteiger partial charge >= 0.3 is 0 Å². The number of hydrogen-bond donors (Lipinski definition) is 3. The van der Waals surface area contributed by atoms with E-state index in [2.05, 4.69) is 23.3 Å². The molecule has 0 bridgehead atoms. The van der Waals surface area contributed by atoms with Crippen molar-refractivity contribution in [1.29, 1.82) is 0 Å². The molecule has 2 saturated heterocycles. The highest BCUT2D eigenvalue weighted by Crippen LogP contribution is 2.30. The smallest absolute Gasteiger partial charge is 0.248 e. The van der Waals surface area contributed by atoms with Crippen molar-refractivity contribution in [3.05, 3.63) is 29.3 Å². The van der Waals surface area contributed by atoms with E-state index in [9.17, 15) is 9.59 Å². The Kier molecular flexibility index (Phi) is 7.48. The lowest BCUT2D eigenvalue weighted by atomic mass is 9.86. The van der Waals surface area contributed by atoms with E-state index in [1.165, 1.54) is 0 Å². The number of thiol groups is 1. The summed E-state index contributed by atoms with van der Waals surface area (Å²) in [7, 11) is 0. The van der Waals surface area contributed by atoms with Gasteiger partial charge < -0.3 is 20.3 Å². The molecule has 6 nitrogen and oxygen atoms in total. The lowest BCUT2D eigenvalue weighted by Gasteiger charge is -2.43. The van der Waals surface area contributed by atoms with Gasteiger partial charge in [0.25, 0.3) is 0 Å². The molecule has 8 heteroatoms.